The van der Waals surface area contributed by atoms with Gasteiger partial charge in [0.05, 0.1) is 13.0 Å². The molecular formula is C10H15N5O3. The van der Waals surface area contributed by atoms with Crippen LogP contribution in [0.3, 0.4) is 0 Å². The molecule has 1 saturated heterocycles. The van der Waals surface area contributed by atoms with Gasteiger partial charge in [-0.15, -0.1) is 5.10 Å². The topological polar surface area (TPSA) is 100 Å². The number of aromatic amines is 1. The number of nitrogens with zero attached hydrogens (tertiary/aromatic N) is 3. The van der Waals surface area contributed by atoms with E-state index in [4.69, 9.17) is 4.74 Å². The first-order valence-electron chi connectivity index (χ1n) is 5.69. The molecule has 2 rings (SSSR count). The van der Waals surface area contributed by atoms with E-state index in [0.717, 1.165) is 0 Å². The molecule has 0 aromatic carbocycles. The molecule has 98 valence electrons. The Morgan fingerprint density at radius 1 is 1.67 bits per heavy atom. The molecule has 18 heavy (non-hydrogen) atoms. The van der Waals surface area contributed by atoms with Gasteiger partial charge in [0, 0.05) is 19.5 Å². The Hall–Kier alpha value is -2.12. The van der Waals surface area contributed by atoms with Crippen molar-refractivity contribution in [2.24, 2.45) is 5.92 Å². The van der Waals surface area contributed by atoms with Crippen molar-refractivity contribution in [3.63, 3.8) is 0 Å². The van der Waals surface area contributed by atoms with Crippen LogP contribution in [0.25, 0.3) is 0 Å². The van der Waals surface area contributed by atoms with Gasteiger partial charge in [0.25, 0.3) is 0 Å². The number of carbonyl (C=O) groups excluding carboxylic acids is 2. The normalized spacial score (nSPS) is 19.1. The largest absolute Gasteiger partial charge is 0.466 e. The van der Waals surface area contributed by atoms with Crippen molar-refractivity contribution in [3.05, 3.63) is 0 Å². The van der Waals surface area contributed by atoms with Gasteiger partial charge in [0.15, 0.2) is 0 Å². The molecule has 1 atom stereocenters. The zero-order valence-electron chi connectivity index (χ0n) is 10.3. The zero-order valence-corrected chi connectivity index (χ0v) is 10.3. The van der Waals surface area contributed by atoms with Gasteiger partial charge in [-0.2, -0.15) is 4.98 Å². The molecule has 1 aromatic rings. The molecule has 0 radical (unpaired) electrons. The maximum absolute atomic E-state index is 11.9. The van der Waals surface area contributed by atoms with Crippen LogP contribution >= 0.6 is 0 Å². The third-order valence-corrected chi connectivity index (χ3v) is 2.86. The predicted molar refractivity (Wildman–Crippen MR) is 61.9 cm³/mol. The highest BCUT2D eigenvalue weighted by Crippen LogP contribution is 2.18. The van der Waals surface area contributed by atoms with Crippen molar-refractivity contribution >= 4 is 17.8 Å². The molecule has 2 heterocycles. The molecule has 1 aliphatic heterocycles. The van der Waals surface area contributed by atoms with Crippen molar-refractivity contribution in [2.45, 2.75) is 13.3 Å². The van der Waals surface area contributed by atoms with E-state index < -0.39 is 0 Å². The Labute approximate surface area is 104 Å². The van der Waals surface area contributed by atoms with Gasteiger partial charge in [0.2, 0.25) is 17.8 Å². The van der Waals surface area contributed by atoms with E-state index >= 15 is 0 Å². The zero-order chi connectivity index (χ0) is 13.1. The average Bonchev–Trinajstić information content (AvgIpc) is 2.95. The summed E-state index contributed by atoms with van der Waals surface area (Å²) >= 11 is 0. The van der Waals surface area contributed by atoms with Crippen molar-refractivity contribution in [2.75, 3.05) is 25.5 Å². The maximum atomic E-state index is 11.9. The Kier molecular flexibility index (Phi) is 3.45. The van der Waals surface area contributed by atoms with Gasteiger partial charge >= 0.3 is 6.01 Å². The Bertz CT molecular complexity index is 458. The molecule has 8 nitrogen and oxygen atoms in total. The number of H-pyrrole nitrogens is 1. The second-order valence-electron chi connectivity index (χ2n) is 3.99. The summed E-state index contributed by atoms with van der Waals surface area (Å²) in [6.45, 7) is 2.96. The van der Waals surface area contributed by atoms with Gasteiger partial charge in [-0.3, -0.25) is 14.9 Å². The van der Waals surface area contributed by atoms with Crippen molar-refractivity contribution in [1.82, 2.24) is 20.1 Å². The summed E-state index contributed by atoms with van der Waals surface area (Å²) in [5.74, 6) is -0.348. The fourth-order valence-electron chi connectivity index (χ4n) is 1.87. The molecule has 2 N–H and O–H groups in total. The minimum atomic E-state index is -0.339. The van der Waals surface area contributed by atoms with Crippen LogP contribution in [0.2, 0.25) is 0 Å². The predicted octanol–water partition coefficient (Wildman–Crippen LogP) is -0.380. The van der Waals surface area contributed by atoms with E-state index in [-0.39, 0.29) is 36.1 Å². The van der Waals surface area contributed by atoms with Crippen molar-refractivity contribution < 1.29 is 14.3 Å². The standard InChI is InChI=1S/C10H15N5O3/c1-3-15-5-6(4-7(15)16)8(17)11-9-12-10(18-2)14-13-9/h6H,3-5H2,1-2H3,(H2,11,12,13,14,17). The number of nitrogens with one attached hydrogen (secondary N) is 2. The van der Waals surface area contributed by atoms with Crippen LogP contribution in [0.15, 0.2) is 0 Å². The monoisotopic (exact) mass is 253 g/mol. The third-order valence-electron chi connectivity index (χ3n) is 2.86. The highest BCUT2D eigenvalue weighted by Gasteiger charge is 2.33. The van der Waals surface area contributed by atoms with Crippen LogP contribution in [0.5, 0.6) is 6.01 Å². The molecule has 1 unspecified atom stereocenters. The summed E-state index contributed by atoms with van der Waals surface area (Å²) in [6.07, 6.45) is 0.241. The van der Waals surface area contributed by atoms with Crippen LogP contribution in [-0.4, -0.2) is 52.1 Å². The van der Waals surface area contributed by atoms with Crippen LogP contribution in [-0.2, 0) is 9.59 Å². The van der Waals surface area contributed by atoms with Gasteiger partial charge in [-0.1, -0.05) is 0 Å². The Balaban J connectivity index is 1.94. The molecule has 2 amide bonds. The Morgan fingerprint density at radius 2 is 2.44 bits per heavy atom. The molecule has 8 heteroatoms. The Morgan fingerprint density at radius 3 is 3.00 bits per heavy atom. The lowest BCUT2D eigenvalue weighted by molar-refractivity contribution is -0.128. The smallest absolute Gasteiger partial charge is 0.336 e. The lowest BCUT2D eigenvalue weighted by atomic mass is 10.1. The van der Waals surface area contributed by atoms with E-state index in [1.165, 1.54) is 7.11 Å². The highest BCUT2D eigenvalue weighted by atomic mass is 16.5. The third kappa shape index (κ3) is 2.41. The first-order chi connectivity index (χ1) is 8.63. The van der Waals surface area contributed by atoms with E-state index in [1.807, 2.05) is 6.92 Å². The van der Waals surface area contributed by atoms with Gasteiger partial charge in [-0.25, -0.2) is 5.10 Å². The number of carbonyl (C=O) groups is 2. The lowest BCUT2D eigenvalue weighted by Gasteiger charge is -2.12. The van der Waals surface area contributed by atoms with E-state index in [2.05, 4.69) is 20.5 Å². The molecule has 1 aromatic heterocycles. The van der Waals surface area contributed by atoms with E-state index in [0.29, 0.717) is 13.1 Å². The molecule has 0 saturated carbocycles. The number of amides is 2. The quantitative estimate of drug-likeness (QED) is 0.761. The van der Waals surface area contributed by atoms with Crippen LogP contribution in [0, 0.1) is 5.92 Å². The van der Waals surface area contributed by atoms with E-state index in [9.17, 15) is 9.59 Å². The number of methoxy groups -OCH3 is 1. The first-order valence-corrected chi connectivity index (χ1v) is 5.69. The van der Waals surface area contributed by atoms with Crippen molar-refractivity contribution in [3.8, 4) is 6.01 Å². The van der Waals surface area contributed by atoms with Gasteiger partial charge in [-0.05, 0) is 6.92 Å². The van der Waals surface area contributed by atoms with Crippen LogP contribution in [0.4, 0.5) is 5.95 Å². The minimum absolute atomic E-state index is 0.00722. The van der Waals surface area contributed by atoms with Gasteiger partial charge in [0.1, 0.15) is 0 Å². The number of aromatic nitrogens is 3. The average molecular weight is 253 g/mol. The summed E-state index contributed by atoms with van der Waals surface area (Å²) in [4.78, 5) is 29.0. The number of likely N-dealkylation sites (tertiary alicyclic amines) is 1. The SMILES string of the molecule is CCN1CC(C(=O)Nc2nc(OC)n[nH]2)CC1=O. The number of hydrogen-bond donors (Lipinski definition) is 2. The summed E-state index contributed by atoms with van der Waals surface area (Å²) in [5.41, 5.74) is 0. The lowest BCUT2D eigenvalue weighted by Crippen LogP contribution is -2.28. The second-order valence-corrected chi connectivity index (χ2v) is 3.99. The second kappa shape index (κ2) is 5.03. The number of ether oxygens (including phenoxy) is 1. The fraction of sp³-hybridized carbons (Fsp3) is 0.600. The number of anilines is 1. The number of hydrogen-bond acceptors (Lipinski definition) is 5. The summed E-state index contributed by atoms with van der Waals surface area (Å²) in [5, 5.41) is 8.82. The van der Waals surface area contributed by atoms with Crippen LogP contribution in [0.1, 0.15) is 13.3 Å². The molecule has 0 bridgehead atoms. The van der Waals surface area contributed by atoms with E-state index in [1.54, 1.807) is 4.90 Å². The highest BCUT2D eigenvalue weighted by molar-refractivity contribution is 5.96. The minimum Gasteiger partial charge on any atom is -0.466 e. The fourth-order valence-corrected chi connectivity index (χ4v) is 1.87. The van der Waals surface area contributed by atoms with Crippen LogP contribution < -0.4 is 10.1 Å². The molecular weight excluding hydrogens is 238 g/mol. The molecule has 1 fully saturated rings. The molecule has 1 aliphatic rings. The molecule has 0 aliphatic carbocycles. The summed E-state index contributed by atoms with van der Waals surface area (Å²) in [6, 6.07) is 0.156. The van der Waals surface area contributed by atoms with Gasteiger partial charge < -0.3 is 9.64 Å². The summed E-state index contributed by atoms with van der Waals surface area (Å²) < 4.78 is 4.79. The maximum Gasteiger partial charge on any atom is 0.336 e. The summed E-state index contributed by atoms with van der Waals surface area (Å²) in [7, 11) is 1.43. The first kappa shape index (κ1) is 12.3. The van der Waals surface area contributed by atoms with Crippen molar-refractivity contribution in [1.29, 1.82) is 0 Å². The molecule has 0 spiro atoms. The number of rotatable bonds is 4.